The highest BCUT2D eigenvalue weighted by atomic mass is 19.2. The topological polar surface area (TPSA) is 2.70 Å². The third kappa shape index (κ3) is 6.11. The van der Waals surface area contributed by atoms with Crippen molar-refractivity contribution in [2.24, 2.45) is 0 Å². The summed E-state index contributed by atoms with van der Waals surface area (Å²) in [5.74, 6) is -71.4. The highest BCUT2D eigenvalue weighted by molar-refractivity contribution is 7.20. The molecule has 1 nitrogen and oxygen atoms in total. The van der Waals surface area contributed by atoms with Gasteiger partial charge in [0.2, 0.25) is 0 Å². The van der Waals surface area contributed by atoms with Gasteiger partial charge in [0, 0.05) is 20.8 Å². The summed E-state index contributed by atoms with van der Waals surface area (Å²) >= 11 is 0. The third-order valence-corrected chi connectivity index (χ3v) is 7.93. The van der Waals surface area contributed by atoms with Crippen LogP contribution in [0.4, 0.5) is 87.8 Å². The predicted molar refractivity (Wildman–Crippen MR) is 142 cm³/mol. The Bertz CT molecular complexity index is 1670. The average molecular weight is 782 g/mol. The van der Waals surface area contributed by atoms with E-state index in [9.17, 15) is 52.7 Å². The third-order valence-electron chi connectivity index (χ3n) is 7.93. The van der Waals surface area contributed by atoms with Gasteiger partial charge in [-0.1, -0.05) is 0 Å². The van der Waals surface area contributed by atoms with Crippen molar-refractivity contribution in [3.8, 4) is 0 Å². The Balaban J connectivity index is 0.000000944. The van der Waals surface area contributed by atoms with Gasteiger partial charge in [-0.05, 0) is 0 Å². The van der Waals surface area contributed by atoms with E-state index >= 15 is 35.1 Å². The molecule has 0 aliphatic heterocycles. The molecule has 0 fully saturated rings. The van der Waals surface area contributed by atoms with Crippen molar-refractivity contribution in [2.45, 2.75) is 20.8 Å². The van der Waals surface area contributed by atoms with Gasteiger partial charge in [0.25, 0.3) is 0 Å². The molecule has 0 amide bonds. The van der Waals surface area contributed by atoms with Crippen LogP contribution in [0.25, 0.3) is 0 Å². The second-order valence-electron chi connectivity index (χ2n) is 10.3. The number of benzene rings is 4. The maximum absolute atomic E-state index is 15.4. The molecule has 52 heavy (non-hydrogen) atoms. The minimum atomic E-state index is -7.22. The molecule has 0 aliphatic carbocycles. The smallest absolute Gasteiger partial charge is 0.200 e. The molecule has 0 radical (unpaired) electrons. The van der Waals surface area contributed by atoms with Gasteiger partial charge in [-0.15, -0.1) is 21.9 Å². The summed E-state index contributed by atoms with van der Waals surface area (Å²) in [5.41, 5.74) is -14.3. The van der Waals surface area contributed by atoms with Crippen molar-refractivity contribution in [1.29, 1.82) is 0 Å². The fourth-order valence-electron chi connectivity index (χ4n) is 5.49. The van der Waals surface area contributed by atoms with E-state index < -0.39 is 144 Å². The molecule has 0 bridgehead atoms. The molecule has 0 heterocycles. The van der Waals surface area contributed by atoms with Crippen molar-refractivity contribution in [2.75, 3.05) is 19.8 Å². The number of rotatable bonds is 7. The van der Waals surface area contributed by atoms with E-state index in [2.05, 4.69) is 25.1 Å². The van der Waals surface area contributed by atoms with Crippen LogP contribution in [0.5, 0.6) is 0 Å². The first kappa shape index (κ1) is 41.9. The maximum Gasteiger partial charge on any atom is 0.200 e. The number of halogens is 20. The largest absolute Gasteiger partial charge is 0.422 e. The molecule has 0 saturated carbocycles. The second-order valence-corrected chi connectivity index (χ2v) is 10.3. The summed E-state index contributed by atoms with van der Waals surface area (Å²) in [6.07, 6.45) is -7.22. The standard InChI is InChI=1S/C24BF20.C6H15O/c26-5-1(6(27)14(35)21(42)13(5)34)25(2-7(28)15(36)22(43)16(37)8(2)29,3-9(30)17(38)23(44)18(39)10(3)31)4-11(32)19(40)24(45)20(41)12(4)33;1-4-7(5-2)6-3/h;4-6H2,1-3H3/q-1;+1. The molecule has 0 unspecified atom stereocenters. The Kier molecular flexibility index (Phi) is 12.3. The van der Waals surface area contributed by atoms with E-state index in [0.717, 1.165) is 19.8 Å². The molecule has 4 aromatic carbocycles. The second kappa shape index (κ2) is 15.2. The van der Waals surface area contributed by atoms with Crippen molar-refractivity contribution in [1.82, 2.24) is 0 Å². The Labute approximate surface area is 277 Å². The Morgan fingerprint density at radius 1 is 0.250 bits per heavy atom. The maximum atomic E-state index is 15.4. The van der Waals surface area contributed by atoms with Gasteiger partial charge in [0.05, 0.1) is 0 Å². The van der Waals surface area contributed by atoms with Gasteiger partial charge in [-0.25, -0.2) is 87.8 Å². The fraction of sp³-hybridized carbons (Fsp3) is 0.200. The molecule has 4 rings (SSSR count). The number of hydrogen-bond acceptors (Lipinski definition) is 0. The van der Waals surface area contributed by atoms with E-state index in [4.69, 9.17) is 0 Å². The van der Waals surface area contributed by atoms with Gasteiger partial charge in [0.1, 0.15) is 72.5 Å². The van der Waals surface area contributed by atoms with Gasteiger partial charge < -0.3 is 4.37 Å². The molecule has 284 valence electrons. The summed E-state index contributed by atoms with van der Waals surface area (Å²) < 4.78 is 297. The van der Waals surface area contributed by atoms with Crippen LogP contribution in [-0.2, 0) is 4.37 Å². The lowest BCUT2D eigenvalue weighted by atomic mass is 9.12. The van der Waals surface area contributed by atoms with Crippen molar-refractivity contribution in [3.63, 3.8) is 0 Å². The van der Waals surface area contributed by atoms with Gasteiger partial charge in [-0.2, -0.15) is 0 Å². The highest BCUT2D eigenvalue weighted by Crippen LogP contribution is 2.30. The van der Waals surface area contributed by atoms with Crippen LogP contribution in [0.2, 0.25) is 0 Å². The van der Waals surface area contributed by atoms with Crippen LogP contribution in [0.1, 0.15) is 20.8 Å². The summed E-state index contributed by atoms with van der Waals surface area (Å²) in [6, 6.07) is 0. The van der Waals surface area contributed by atoms with Crippen molar-refractivity contribution >= 4 is 28.0 Å². The molecule has 0 aromatic heterocycles. The summed E-state index contributed by atoms with van der Waals surface area (Å²) in [4.78, 5) is 0. The average Bonchev–Trinajstić information content (AvgIpc) is 3.12. The SMILES string of the molecule is CC[O+](CC)CC.Fc1c(F)c(F)c([B-](c2c(F)c(F)c(F)c(F)c2F)(c2c(F)c(F)c(F)c(F)c2F)c2c(F)c(F)c(F)c(F)c2F)c(F)c1F. The summed E-state index contributed by atoms with van der Waals surface area (Å²) in [6.45, 7) is 9.76. The molecule has 4 aromatic rings. The molecule has 0 spiro atoms. The minimum Gasteiger partial charge on any atom is -0.422 e. The normalized spacial score (nSPS) is 11.8. The lowest BCUT2D eigenvalue weighted by molar-refractivity contribution is -0.119. The van der Waals surface area contributed by atoms with Gasteiger partial charge in [-0.3, -0.25) is 0 Å². The molecule has 0 N–H and O–H groups in total. The van der Waals surface area contributed by atoms with Crippen LogP contribution in [0.3, 0.4) is 0 Å². The fourth-order valence-corrected chi connectivity index (χ4v) is 5.49. The molecular formula is C30H15BF20O. The zero-order valence-electron chi connectivity index (χ0n) is 25.7. The molecule has 0 aliphatic rings. The minimum absolute atomic E-state index is 1.10. The van der Waals surface area contributed by atoms with Crippen LogP contribution >= 0.6 is 0 Å². The Morgan fingerprint density at radius 2 is 0.365 bits per heavy atom. The van der Waals surface area contributed by atoms with Crippen LogP contribution in [-0.4, -0.2) is 26.0 Å². The Hall–Kier alpha value is -4.50. The highest BCUT2D eigenvalue weighted by Gasteiger charge is 2.52. The monoisotopic (exact) mass is 782 g/mol. The lowest BCUT2D eigenvalue weighted by Crippen LogP contribution is -2.81. The van der Waals surface area contributed by atoms with Crippen LogP contribution in [0.15, 0.2) is 0 Å². The van der Waals surface area contributed by atoms with Crippen LogP contribution in [0, 0.1) is 116 Å². The van der Waals surface area contributed by atoms with Gasteiger partial charge in [0.15, 0.2) is 69.8 Å². The first-order valence-electron chi connectivity index (χ1n) is 13.9. The predicted octanol–water partition coefficient (Wildman–Crippen LogP) is 7.44. The quantitative estimate of drug-likeness (QED) is 0.0603. The van der Waals surface area contributed by atoms with Crippen molar-refractivity contribution < 1.29 is 92.2 Å². The number of hydrogen-bond donors (Lipinski definition) is 0. The van der Waals surface area contributed by atoms with Crippen LogP contribution < -0.4 is 21.9 Å². The van der Waals surface area contributed by atoms with E-state index in [1.165, 1.54) is 0 Å². The van der Waals surface area contributed by atoms with Gasteiger partial charge >= 0.3 is 0 Å². The van der Waals surface area contributed by atoms with E-state index in [-0.39, 0.29) is 0 Å². The van der Waals surface area contributed by atoms with E-state index in [1.807, 2.05) is 0 Å². The Morgan fingerprint density at radius 3 is 0.462 bits per heavy atom. The molecule has 22 heteroatoms. The first-order valence-corrected chi connectivity index (χ1v) is 13.9. The van der Waals surface area contributed by atoms with E-state index in [1.54, 1.807) is 0 Å². The molecule has 0 saturated heterocycles. The zero-order valence-corrected chi connectivity index (χ0v) is 25.7. The first-order chi connectivity index (χ1) is 24.0. The summed E-state index contributed by atoms with van der Waals surface area (Å²) in [7, 11) is 0. The van der Waals surface area contributed by atoms with E-state index in [0.29, 0.717) is 0 Å². The molecule has 0 atom stereocenters. The van der Waals surface area contributed by atoms with Crippen molar-refractivity contribution in [3.05, 3.63) is 116 Å². The molecular weight excluding hydrogens is 767 g/mol. The zero-order chi connectivity index (χ0) is 40.1. The summed E-state index contributed by atoms with van der Waals surface area (Å²) in [5, 5.41) is 0. The lowest BCUT2D eigenvalue weighted by Gasteiger charge is -2.44.